The maximum atomic E-state index is 10.9. The molecule has 0 spiro atoms. The highest BCUT2D eigenvalue weighted by atomic mass is 16.6. The molecule has 0 heterocycles. The van der Waals surface area contributed by atoms with E-state index in [1.807, 2.05) is 0 Å². The molecule has 6 heteroatoms. The number of nitrogens with zero attached hydrogens (tertiary/aromatic N) is 1. The van der Waals surface area contributed by atoms with Crippen LogP contribution in [-0.2, 0) is 6.61 Å². The number of hydrogen-bond acceptors (Lipinski definition) is 4. The molecule has 0 unspecified atom stereocenters. The molecule has 102 valence electrons. The summed E-state index contributed by atoms with van der Waals surface area (Å²) < 4.78 is 0. The quantitative estimate of drug-likeness (QED) is 0.658. The lowest BCUT2D eigenvalue weighted by Gasteiger charge is -2.05. The van der Waals surface area contributed by atoms with Crippen molar-refractivity contribution in [2.75, 3.05) is 0 Å². The van der Waals surface area contributed by atoms with Gasteiger partial charge in [0.25, 0.3) is 5.69 Å². The monoisotopic (exact) mass is 273 g/mol. The zero-order valence-corrected chi connectivity index (χ0v) is 10.3. The fraction of sp³-hybridized carbons (Fsp3) is 0.0714. The molecule has 0 atom stereocenters. The number of nitro groups is 1. The Balaban J connectivity index is 2.55. The largest absolute Gasteiger partial charge is 0.477 e. The highest BCUT2D eigenvalue weighted by Gasteiger charge is 2.20. The Bertz CT molecular complexity index is 681. The minimum atomic E-state index is -1.34. The van der Waals surface area contributed by atoms with Crippen molar-refractivity contribution in [3.63, 3.8) is 0 Å². The molecule has 0 saturated heterocycles. The van der Waals surface area contributed by atoms with Gasteiger partial charge in [0.1, 0.15) is 5.56 Å². The minimum Gasteiger partial charge on any atom is -0.477 e. The maximum Gasteiger partial charge on any atom is 0.342 e. The van der Waals surface area contributed by atoms with Gasteiger partial charge in [0.15, 0.2) is 0 Å². The second-order valence-electron chi connectivity index (χ2n) is 4.15. The van der Waals surface area contributed by atoms with Crippen molar-refractivity contribution in [2.24, 2.45) is 0 Å². The Morgan fingerprint density at radius 1 is 1.15 bits per heavy atom. The molecular weight excluding hydrogens is 262 g/mol. The van der Waals surface area contributed by atoms with Gasteiger partial charge in [-0.25, -0.2) is 4.79 Å². The van der Waals surface area contributed by atoms with Gasteiger partial charge >= 0.3 is 5.97 Å². The van der Waals surface area contributed by atoms with Crippen LogP contribution in [0, 0.1) is 10.1 Å². The fourth-order valence-corrected chi connectivity index (χ4v) is 1.89. The topological polar surface area (TPSA) is 101 Å². The number of carboxylic acid groups (broad SMARTS) is 1. The summed E-state index contributed by atoms with van der Waals surface area (Å²) in [4.78, 5) is 21.2. The molecule has 0 bridgehead atoms. The Hall–Kier alpha value is -2.73. The van der Waals surface area contributed by atoms with Crippen molar-refractivity contribution in [2.45, 2.75) is 6.61 Å². The van der Waals surface area contributed by atoms with Crippen LogP contribution in [0.15, 0.2) is 42.5 Å². The molecule has 2 N–H and O–H groups in total. The molecule has 0 aliphatic heterocycles. The van der Waals surface area contributed by atoms with Gasteiger partial charge in [-0.15, -0.1) is 0 Å². The Morgan fingerprint density at radius 3 is 2.45 bits per heavy atom. The highest BCUT2D eigenvalue weighted by molar-refractivity contribution is 5.93. The Morgan fingerprint density at radius 2 is 1.85 bits per heavy atom. The number of benzene rings is 2. The van der Waals surface area contributed by atoms with E-state index in [-0.39, 0.29) is 12.2 Å². The molecule has 0 amide bonds. The normalized spacial score (nSPS) is 10.2. The van der Waals surface area contributed by atoms with Crippen molar-refractivity contribution >= 4 is 11.7 Å². The van der Waals surface area contributed by atoms with Crippen LogP contribution in [0.2, 0.25) is 0 Å². The molecule has 0 aliphatic rings. The van der Waals surface area contributed by atoms with E-state index in [1.54, 1.807) is 24.3 Å². The SMILES string of the molecule is O=C(O)c1ccc(-c2cccc(CO)c2)cc1[N+](=O)[O-]. The van der Waals surface area contributed by atoms with E-state index >= 15 is 0 Å². The standard InChI is InChI=1S/C14H11NO5/c16-8-9-2-1-3-10(6-9)11-4-5-12(14(17)18)13(7-11)15(19)20/h1-7,16H,8H2,(H,17,18). The van der Waals surface area contributed by atoms with Crippen LogP contribution in [0.4, 0.5) is 5.69 Å². The average molecular weight is 273 g/mol. The van der Waals surface area contributed by atoms with Gasteiger partial charge in [-0.05, 0) is 28.8 Å². The molecule has 0 fully saturated rings. The summed E-state index contributed by atoms with van der Waals surface area (Å²) in [6, 6.07) is 10.8. The minimum absolute atomic E-state index is 0.136. The van der Waals surface area contributed by atoms with E-state index in [4.69, 9.17) is 10.2 Å². The highest BCUT2D eigenvalue weighted by Crippen LogP contribution is 2.27. The van der Waals surface area contributed by atoms with Gasteiger partial charge in [-0.2, -0.15) is 0 Å². The number of nitro benzene ring substituents is 1. The maximum absolute atomic E-state index is 10.9. The second-order valence-corrected chi connectivity index (χ2v) is 4.15. The lowest BCUT2D eigenvalue weighted by atomic mass is 10.0. The third-order valence-electron chi connectivity index (χ3n) is 2.87. The van der Waals surface area contributed by atoms with Crippen molar-refractivity contribution in [1.29, 1.82) is 0 Å². The fourth-order valence-electron chi connectivity index (χ4n) is 1.89. The third-order valence-corrected chi connectivity index (χ3v) is 2.87. The predicted molar refractivity (Wildman–Crippen MR) is 71.4 cm³/mol. The van der Waals surface area contributed by atoms with Crippen LogP contribution < -0.4 is 0 Å². The first-order valence-corrected chi connectivity index (χ1v) is 5.75. The van der Waals surface area contributed by atoms with E-state index in [9.17, 15) is 14.9 Å². The van der Waals surface area contributed by atoms with E-state index < -0.39 is 16.6 Å². The van der Waals surface area contributed by atoms with Gasteiger partial charge in [0.2, 0.25) is 0 Å². The first kappa shape index (κ1) is 13.7. The Kier molecular flexibility index (Phi) is 3.76. The molecule has 0 aromatic heterocycles. The molecule has 6 nitrogen and oxygen atoms in total. The summed E-state index contributed by atoms with van der Waals surface area (Å²) in [6.45, 7) is -0.136. The first-order valence-electron chi connectivity index (χ1n) is 5.75. The van der Waals surface area contributed by atoms with Crippen LogP contribution in [0.1, 0.15) is 15.9 Å². The van der Waals surface area contributed by atoms with Crippen molar-refractivity contribution in [3.8, 4) is 11.1 Å². The van der Waals surface area contributed by atoms with E-state index in [2.05, 4.69) is 0 Å². The van der Waals surface area contributed by atoms with Gasteiger partial charge in [0.05, 0.1) is 11.5 Å². The van der Waals surface area contributed by atoms with Crippen LogP contribution in [0.3, 0.4) is 0 Å². The van der Waals surface area contributed by atoms with Gasteiger partial charge in [0, 0.05) is 6.07 Å². The molecule has 2 rings (SSSR count). The lowest BCUT2D eigenvalue weighted by Crippen LogP contribution is -2.02. The predicted octanol–water partition coefficient (Wildman–Crippen LogP) is 2.45. The molecule has 2 aromatic carbocycles. The van der Waals surface area contributed by atoms with Crippen molar-refractivity contribution in [3.05, 3.63) is 63.7 Å². The number of hydrogen-bond donors (Lipinski definition) is 2. The number of rotatable bonds is 4. The average Bonchev–Trinajstić information content (AvgIpc) is 2.46. The molecule has 0 saturated carbocycles. The first-order chi connectivity index (χ1) is 9.52. The summed E-state index contributed by atoms with van der Waals surface area (Å²) in [7, 11) is 0. The summed E-state index contributed by atoms with van der Waals surface area (Å²) in [5, 5.41) is 28.9. The van der Waals surface area contributed by atoms with E-state index in [0.29, 0.717) is 16.7 Å². The lowest BCUT2D eigenvalue weighted by molar-refractivity contribution is -0.385. The van der Waals surface area contributed by atoms with Crippen LogP contribution in [0.25, 0.3) is 11.1 Å². The number of carbonyl (C=O) groups is 1. The van der Waals surface area contributed by atoms with Gasteiger partial charge in [-0.3, -0.25) is 10.1 Å². The summed E-state index contributed by atoms with van der Waals surface area (Å²) in [5.74, 6) is -1.34. The summed E-state index contributed by atoms with van der Waals surface area (Å²) in [6.07, 6.45) is 0. The van der Waals surface area contributed by atoms with Gasteiger partial charge in [-0.1, -0.05) is 24.3 Å². The van der Waals surface area contributed by atoms with Crippen LogP contribution in [-0.4, -0.2) is 21.1 Å². The number of aliphatic hydroxyl groups excluding tert-OH is 1. The number of carboxylic acids is 1. The molecule has 0 aliphatic carbocycles. The third kappa shape index (κ3) is 2.65. The summed E-state index contributed by atoms with van der Waals surface area (Å²) in [5.41, 5.74) is 1.07. The zero-order chi connectivity index (χ0) is 14.7. The molecular formula is C14H11NO5. The number of aliphatic hydroxyl groups is 1. The molecule has 20 heavy (non-hydrogen) atoms. The smallest absolute Gasteiger partial charge is 0.342 e. The molecule has 2 aromatic rings. The van der Waals surface area contributed by atoms with Gasteiger partial charge < -0.3 is 10.2 Å². The molecule has 0 radical (unpaired) electrons. The number of aromatic carboxylic acids is 1. The zero-order valence-electron chi connectivity index (χ0n) is 10.3. The van der Waals surface area contributed by atoms with Crippen LogP contribution in [0.5, 0.6) is 0 Å². The Labute approximate surface area is 114 Å². The van der Waals surface area contributed by atoms with Crippen molar-refractivity contribution < 1.29 is 19.9 Å². The summed E-state index contributed by atoms with van der Waals surface area (Å²) >= 11 is 0. The second kappa shape index (κ2) is 5.50. The van der Waals surface area contributed by atoms with Crippen molar-refractivity contribution in [1.82, 2.24) is 0 Å². The van der Waals surface area contributed by atoms with E-state index in [0.717, 1.165) is 0 Å². The van der Waals surface area contributed by atoms with E-state index in [1.165, 1.54) is 18.2 Å². The van der Waals surface area contributed by atoms with Crippen LogP contribution >= 0.6 is 0 Å².